The summed E-state index contributed by atoms with van der Waals surface area (Å²) in [7, 11) is 1.62. The average Bonchev–Trinajstić information content (AvgIpc) is 2.85. The molecule has 5 nitrogen and oxygen atoms in total. The Morgan fingerprint density at radius 3 is 2.83 bits per heavy atom. The van der Waals surface area contributed by atoms with Gasteiger partial charge in [-0.3, -0.25) is 4.68 Å². The second-order valence-electron chi connectivity index (χ2n) is 3.97. The van der Waals surface area contributed by atoms with Gasteiger partial charge in [-0.2, -0.15) is 5.10 Å². The van der Waals surface area contributed by atoms with Gasteiger partial charge in [0.15, 0.2) is 0 Å². The van der Waals surface area contributed by atoms with Gasteiger partial charge in [0.05, 0.1) is 30.7 Å². The van der Waals surface area contributed by atoms with Crippen LogP contribution in [0.5, 0.6) is 5.75 Å². The summed E-state index contributed by atoms with van der Waals surface area (Å²) in [5.41, 5.74) is 8.48. The first-order valence-corrected chi connectivity index (χ1v) is 5.92. The van der Waals surface area contributed by atoms with Crippen molar-refractivity contribution in [2.24, 2.45) is 0 Å². The number of nitrogens with zero attached hydrogens (tertiary/aromatic N) is 2. The Morgan fingerprint density at radius 1 is 1.39 bits per heavy atom. The number of nitrogen functional groups attached to an aromatic ring is 1. The van der Waals surface area contributed by atoms with Crippen LogP contribution in [0.2, 0.25) is 0 Å². The monoisotopic (exact) mass is 246 g/mol. The molecule has 18 heavy (non-hydrogen) atoms. The van der Waals surface area contributed by atoms with Gasteiger partial charge in [-0.05, 0) is 25.1 Å². The van der Waals surface area contributed by atoms with Crippen molar-refractivity contribution in [1.29, 1.82) is 0 Å². The topological polar surface area (TPSA) is 65.1 Å². The fourth-order valence-electron chi connectivity index (χ4n) is 1.69. The van der Waals surface area contributed by atoms with E-state index in [0.29, 0.717) is 12.2 Å². The van der Waals surface area contributed by atoms with Gasteiger partial charge >= 0.3 is 0 Å². The number of hydrogen-bond donors (Lipinski definition) is 2. The van der Waals surface area contributed by atoms with Gasteiger partial charge < -0.3 is 15.8 Å². The van der Waals surface area contributed by atoms with Gasteiger partial charge in [0.2, 0.25) is 0 Å². The summed E-state index contributed by atoms with van der Waals surface area (Å²) in [5.74, 6) is 0.758. The van der Waals surface area contributed by atoms with E-state index >= 15 is 0 Å². The minimum absolute atomic E-state index is 0.656. The number of aromatic nitrogens is 2. The molecule has 0 saturated heterocycles. The quantitative estimate of drug-likeness (QED) is 0.793. The molecule has 2 aromatic rings. The minimum Gasteiger partial charge on any atom is -0.497 e. The Labute approximate surface area is 107 Å². The molecule has 3 N–H and O–H groups in total. The van der Waals surface area contributed by atoms with Crippen molar-refractivity contribution in [3.05, 3.63) is 36.2 Å². The molecule has 5 heteroatoms. The summed E-state index contributed by atoms with van der Waals surface area (Å²) in [6, 6.07) is 7.58. The number of aryl methyl sites for hydroxylation is 1. The van der Waals surface area contributed by atoms with Crippen molar-refractivity contribution in [2.45, 2.75) is 20.0 Å². The van der Waals surface area contributed by atoms with Crippen LogP contribution in [0.3, 0.4) is 0 Å². The molecule has 0 unspecified atom stereocenters. The molecular formula is C13H18N4O. The normalized spacial score (nSPS) is 10.3. The molecule has 0 amide bonds. The number of benzene rings is 1. The van der Waals surface area contributed by atoms with Crippen molar-refractivity contribution in [3.63, 3.8) is 0 Å². The summed E-state index contributed by atoms with van der Waals surface area (Å²) >= 11 is 0. The molecule has 0 bridgehead atoms. The smallest absolute Gasteiger partial charge is 0.121 e. The second-order valence-corrected chi connectivity index (χ2v) is 3.97. The van der Waals surface area contributed by atoms with E-state index in [0.717, 1.165) is 23.7 Å². The molecule has 1 aromatic carbocycles. The van der Waals surface area contributed by atoms with Crippen LogP contribution in [-0.2, 0) is 13.1 Å². The van der Waals surface area contributed by atoms with Crippen LogP contribution >= 0.6 is 0 Å². The van der Waals surface area contributed by atoms with E-state index in [1.54, 1.807) is 13.2 Å². The zero-order chi connectivity index (χ0) is 13.0. The van der Waals surface area contributed by atoms with Gasteiger partial charge in [0.1, 0.15) is 5.75 Å². The first-order chi connectivity index (χ1) is 8.72. The van der Waals surface area contributed by atoms with Gasteiger partial charge in [0, 0.05) is 18.8 Å². The van der Waals surface area contributed by atoms with E-state index in [1.807, 2.05) is 29.1 Å². The van der Waals surface area contributed by atoms with Gasteiger partial charge in [0.25, 0.3) is 0 Å². The summed E-state index contributed by atoms with van der Waals surface area (Å²) in [5, 5.41) is 7.66. The van der Waals surface area contributed by atoms with Crippen molar-refractivity contribution >= 4 is 11.4 Å². The third kappa shape index (κ3) is 2.74. The van der Waals surface area contributed by atoms with Crippen molar-refractivity contribution in [1.82, 2.24) is 9.78 Å². The second kappa shape index (κ2) is 5.44. The lowest BCUT2D eigenvalue weighted by Crippen LogP contribution is -2.04. The number of methoxy groups -OCH3 is 1. The lowest BCUT2D eigenvalue weighted by atomic mass is 10.2. The Morgan fingerprint density at radius 2 is 2.22 bits per heavy atom. The third-order valence-corrected chi connectivity index (χ3v) is 2.74. The lowest BCUT2D eigenvalue weighted by molar-refractivity contribution is 0.415. The van der Waals surface area contributed by atoms with Crippen LogP contribution in [0.1, 0.15) is 12.6 Å². The van der Waals surface area contributed by atoms with E-state index < -0.39 is 0 Å². The molecule has 0 aliphatic rings. The van der Waals surface area contributed by atoms with Crippen LogP contribution in [-0.4, -0.2) is 16.9 Å². The molecule has 0 radical (unpaired) electrons. The Hall–Kier alpha value is -2.17. The van der Waals surface area contributed by atoms with Crippen LogP contribution in [0.4, 0.5) is 11.4 Å². The number of nitrogens with one attached hydrogen (secondary N) is 1. The molecule has 1 heterocycles. The zero-order valence-electron chi connectivity index (χ0n) is 10.7. The molecule has 0 aliphatic carbocycles. The maximum absolute atomic E-state index is 5.92. The molecular weight excluding hydrogens is 228 g/mol. The summed E-state index contributed by atoms with van der Waals surface area (Å²) in [6.45, 7) is 3.60. The fraction of sp³-hybridized carbons (Fsp3) is 0.308. The predicted octanol–water partition coefficient (Wildman–Crippen LogP) is 2.11. The first-order valence-electron chi connectivity index (χ1n) is 5.92. The highest BCUT2D eigenvalue weighted by Gasteiger charge is 2.02. The van der Waals surface area contributed by atoms with E-state index in [1.165, 1.54) is 0 Å². The van der Waals surface area contributed by atoms with Crippen LogP contribution in [0.15, 0.2) is 30.5 Å². The standard InChI is InChI=1S/C13H18N4O/c1-3-17-7-6-10(16-17)9-15-13-5-4-11(18-2)8-12(13)14/h4-8,15H,3,9,14H2,1-2H3. The van der Waals surface area contributed by atoms with Crippen LogP contribution in [0, 0.1) is 0 Å². The zero-order valence-corrected chi connectivity index (χ0v) is 10.7. The van der Waals surface area contributed by atoms with Gasteiger partial charge in [-0.1, -0.05) is 0 Å². The summed E-state index contributed by atoms with van der Waals surface area (Å²) < 4.78 is 7.00. The first kappa shape index (κ1) is 12.3. The van der Waals surface area contributed by atoms with E-state index in [-0.39, 0.29) is 0 Å². The molecule has 0 saturated carbocycles. The molecule has 0 spiro atoms. The van der Waals surface area contributed by atoms with Crippen LogP contribution < -0.4 is 15.8 Å². The molecule has 1 aromatic heterocycles. The highest BCUT2D eigenvalue weighted by atomic mass is 16.5. The minimum atomic E-state index is 0.656. The fourth-order valence-corrected chi connectivity index (χ4v) is 1.69. The highest BCUT2D eigenvalue weighted by Crippen LogP contribution is 2.24. The van der Waals surface area contributed by atoms with Gasteiger partial charge in [-0.15, -0.1) is 0 Å². The predicted molar refractivity (Wildman–Crippen MR) is 72.6 cm³/mol. The number of ether oxygens (including phenoxy) is 1. The van der Waals surface area contributed by atoms with Crippen LogP contribution in [0.25, 0.3) is 0 Å². The van der Waals surface area contributed by atoms with Crippen molar-refractivity contribution < 1.29 is 4.74 Å². The van der Waals surface area contributed by atoms with Crippen molar-refractivity contribution in [3.8, 4) is 5.75 Å². The molecule has 2 rings (SSSR count). The Balaban J connectivity index is 2.01. The molecule has 96 valence electrons. The maximum atomic E-state index is 5.92. The number of anilines is 2. The number of hydrogen-bond acceptors (Lipinski definition) is 4. The SMILES string of the molecule is CCn1ccc(CNc2ccc(OC)cc2N)n1. The maximum Gasteiger partial charge on any atom is 0.121 e. The highest BCUT2D eigenvalue weighted by molar-refractivity contribution is 5.68. The number of nitrogens with two attached hydrogens (primary N) is 1. The lowest BCUT2D eigenvalue weighted by Gasteiger charge is -2.09. The van der Waals surface area contributed by atoms with E-state index in [9.17, 15) is 0 Å². The average molecular weight is 246 g/mol. The Bertz CT molecular complexity index is 521. The summed E-state index contributed by atoms with van der Waals surface area (Å²) in [4.78, 5) is 0. The largest absolute Gasteiger partial charge is 0.497 e. The van der Waals surface area contributed by atoms with Crippen molar-refractivity contribution in [2.75, 3.05) is 18.2 Å². The van der Waals surface area contributed by atoms with E-state index in [4.69, 9.17) is 10.5 Å². The summed E-state index contributed by atoms with van der Waals surface area (Å²) in [6.07, 6.45) is 1.97. The number of rotatable bonds is 5. The van der Waals surface area contributed by atoms with Gasteiger partial charge in [-0.25, -0.2) is 0 Å². The molecule has 0 fully saturated rings. The molecule has 0 atom stereocenters. The third-order valence-electron chi connectivity index (χ3n) is 2.74. The Kier molecular flexibility index (Phi) is 3.72. The molecule has 0 aliphatic heterocycles. The van der Waals surface area contributed by atoms with E-state index in [2.05, 4.69) is 17.3 Å².